The van der Waals surface area contributed by atoms with Gasteiger partial charge >= 0.3 is 0 Å². The molecule has 0 spiro atoms. The van der Waals surface area contributed by atoms with Gasteiger partial charge in [0.25, 0.3) is 11.8 Å². The van der Waals surface area contributed by atoms with E-state index in [1.54, 1.807) is 31.2 Å². The van der Waals surface area contributed by atoms with Crippen LogP contribution in [0.1, 0.15) is 16.2 Å². The molecule has 5 nitrogen and oxygen atoms in total. The summed E-state index contributed by atoms with van der Waals surface area (Å²) in [5, 5.41) is 6.58. The quantitative estimate of drug-likeness (QED) is 0.767. The van der Waals surface area contributed by atoms with Crippen LogP contribution in [0.3, 0.4) is 0 Å². The first-order valence-electron chi connectivity index (χ1n) is 6.59. The highest BCUT2D eigenvalue weighted by atomic mass is 79.9. The molecular weight excluding hydrogens is 346 g/mol. The topological polar surface area (TPSA) is 68.0 Å². The monoisotopic (exact) mass is 357 g/mol. The van der Waals surface area contributed by atoms with Crippen LogP contribution < -0.4 is 5.32 Å². The van der Waals surface area contributed by atoms with Gasteiger partial charge in [-0.3, -0.25) is 4.79 Å². The smallest absolute Gasteiger partial charge is 0.257 e. The molecule has 0 aliphatic heterocycles. The molecule has 6 heteroatoms. The summed E-state index contributed by atoms with van der Waals surface area (Å²) in [4.78, 5) is 16.3. The van der Waals surface area contributed by atoms with Crippen LogP contribution in [-0.4, -0.2) is 16.0 Å². The number of aromatic nitrogens is 2. The maximum absolute atomic E-state index is 12.2. The van der Waals surface area contributed by atoms with E-state index in [1.165, 1.54) is 0 Å². The number of halogens is 1. The summed E-state index contributed by atoms with van der Waals surface area (Å²) >= 11 is 3.36. The molecule has 0 aliphatic rings. The highest BCUT2D eigenvalue weighted by molar-refractivity contribution is 9.10. The Hall–Kier alpha value is -2.47. The second-order valence-electron chi connectivity index (χ2n) is 4.69. The van der Waals surface area contributed by atoms with Crippen LogP contribution in [0.2, 0.25) is 0 Å². The fourth-order valence-corrected chi connectivity index (χ4v) is 2.18. The number of carbonyl (C=O) groups excluding carboxylic acids is 1. The number of rotatable bonds is 3. The summed E-state index contributed by atoms with van der Waals surface area (Å²) in [6.07, 6.45) is 0. The van der Waals surface area contributed by atoms with Crippen molar-refractivity contribution in [3.63, 3.8) is 0 Å². The summed E-state index contributed by atoms with van der Waals surface area (Å²) in [6.45, 7) is 1.76. The summed E-state index contributed by atoms with van der Waals surface area (Å²) < 4.78 is 6.05. The predicted molar refractivity (Wildman–Crippen MR) is 86.6 cm³/mol. The largest absolute Gasteiger partial charge is 0.334 e. The number of amides is 1. The van der Waals surface area contributed by atoms with Crippen LogP contribution in [0, 0.1) is 6.92 Å². The number of benzene rings is 2. The fourth-order valence-electron chi connectivity index (χ4n) is 1.91. The Morgan fingerprint density at radius 1 is 1.09 bits per heavy atom. The Bertz CT molecular complexity index is 795. The van der Waals surface area contributed by atoms with Crippen molar-refractivity contribution in [1.29, 1.82) is 0 Å². The van der Waals surface area contributed by atoms with Crippen molar-refractivity contribution < 1.29 is 9.32 Å². The zero-order valence-electron chi connectivity index (χ0n) is 11.7. The van der Waals surface area contributed by atoms with E-state index in [2.05, 4.69) is 31.4 Å². The lowest BCUT2D eigenvalue weighted by Crippen LogP contribution is -2.11. The summed E-state index contributed by atoms with van der Waals surface area (Å²) in [7, 11) is 0. The van der Waals surface area contributed by atoms with Crippen molar-refractivity contribution in [2.75, 3.05) is 5.32 Å². The lowest BCUT2D eigenvalue weighted by atomic mass is 10.1. The molecule has 1 heterocycles. The Morgan fingerprint density at radius 2 is 1.77 bits per heavy atom. The third kappa shape index (κ3) is 3.23. The summed E-state index contributed by atoms with van der Waals surface area (Å²) in [6, 6.07) is 14.4. The Balaban J connectivity index is 1.74. The molecule has 0 aliphatic carbocycles. The van der Waals surface area contributed by atoms with Crippen molar-refractivity contribution in [2.45, 2.75) is 6.92 Å². The average Bonchev–Trinajstić information content (AvgIpc) is 2.96. The number of anilines is 1. The van der Waals surface area contributed by atoms with Gasteiger partial charge in [-0.2, -0.15) is 4.98 Å². The zero-order chi connectivity index (χ0) is 15.5. The van der Waals surface area contributed by atoms with Crippen LogP contribution in [0.5, 0.6) is 0 Å². The Kier molecular flexibility index (Phi) is 4.02. The molecule has 22 heavy (non-hydrogen) atoms. The van der Waals surface area contributed by atoms with Crippen LogP contribution in [0.15, 0.2) is 57.5 Å². The van der Waals surface area contributed by atoms with Gasteiger partial charge in [-0.15, -0.1) is 0 Å². The van der Waals surface area contributed by atoms with Gasteiger partial charge in [0.1, 0.15) is 0 Å². The molecule has 3 aromatic rings. The van der Waals surface area contributed by atoms with Gasteiger partial charge < -0.3 is 9.84 Å². The minimum absolute atomic E-state index is 0.171. The standard InChI is InChI=1S/C16H12BrN3O2/c1-10-18-16(22-20-10)12-4-2-11(3-5-12)15(21)19-14-8-6-13(17)7-9-14/h2-9H,1H3,(H,19,21). The molecule has 3 rings (SSSR count). The molecule has 0 fully saturated rings. The van der Waals surface area contributed by atoms with Crippen LogP contribution in [0.25, 0.3) is 11.5 Å². The van der Waals surface area contributed by atoms with E-state index in [4.69, 9.17) is 4.52 Å². The molecule has 1 N–H and O–H groups in total. The minimum atomic E-state index is -0.171. The minimum Gasteiger partial charge on any atom is -0.334 e. The first-order valence-corrected chi connectivity index (χ1v) is 7.39. The maximum atomic E-state index is 12.2. The molecule has 1 aromatic heterocycles. The second kappa shape index (κ2) is 6.11. The highest BCUT2D eigenvalue weighted by Gasteiger charge is 2.09. The Morgan fingerprint density at radius 3 is 2.36 bits per heavy atom. The van der Waals surface area contributed by atoms with E-state index in [1.807, 2.05) is 24.3 Å². The first-order chi connectivity index (χ1) is 10.6. The molecule has 0 unspecified atom stereocenters. The normalized spacial score (nSPS) is 10.5. The van der Waals surface area contributed by atoms with Gasteiger partial charge in [0, 0.05) is 21.3 Å². The van der Waals surface area contributed by atoms with Crippen LogP contribution in [0.4, 0.5) is 5.69 Å². The zero-order valence-corrected chi connectivity index (χ0v) is 13.3. The number of hydrogen-bond donors (Lipinski definition) is 1. The third-order valence-electron chi connectivity index (χ3n) is 3.02. The van der Waals surface area contributed by atoms with Gasteiger partial charge in [-0.05, 0) is 55.5 Å². The van der Waals surface area contributed by atoms with Crippen molar-refractivity contribution in [3.8, 4) is 11.5 Å². The number of aryl methyl sites for hydroxylation is 1. The summed E-state index contributed by atoms with van der Waals surface area (Å²) in [5.74, 6) is 0.847. The van der Waals surface area contributed by atoms with Crippen molar-refractivity contribution in [1.82, 2.24) is 10.1 Å². The number of hydrogen-bond acceptors (Lipinski definition) is 4. The molecule has 0 radical (unpaired) electrons. The van der Waals surface area contributed by atoms with E-state index in [0.717, 1.165) is 15.7 Å². The van der Waals surface area contributed by atoms with Crippen LogP contribution >= 0.6 is 15.9 Å². The summed E-state index contributed by atoms with van der Waals surface area (Å²) in [5.41, 5.74) is 2.08. The van der Waals surface area contributed by atoms with Gasteiger partial charge in [0.05, 0.1) is 0 Å². The van der Waals surface area contributed by atoms with Gasteiger partial charge in [0.15, 0.2) is 5.82 Å². The molecule has 1 amide bonds. The SMILES string of the molecule is Cc1noc(-c2ccc(C(=O)Nc3ccc(Br)cc3)cc2)n1. The average molecular weight is 358 g/mol. The highest BCUT2D eigenvalue weighted by Crippen LogP contribution is 2.19. The van der Waals surface area contributed by atoms with Crippen molar-refractivity contribution in [3.05, 3.63) is 64.4 Å². The molecule has 110 valence electrons. The van der Waals surface area contributed by atoms with E-state index >= 15 is 0 Å². The second-order valence-corrected chi connectivity index (χ2v) is 5.60. The molecular formula is C16H12BrN3O2. The molecule has 0 atom stereocenters. The van der Waals surface area contributed by atoms with Gasteiger partial charge in [0.2, 0.25) is 0 Å². The van der Waals surface area contributed by atoms with Crippen molar-refractivity contribution in [2.24, 2.45) is 0 Å². The Labute approximate surface area is 135 Å². The lowest BCUT2D eigenvalue weighted by Gasteiger charge is -2.05. The molecule has 2 aromatic carbocycles. The fraction of sp³-hybridized carbons (Fsp3) is 0.0625. The number of nitrogens with one attached hydrogen (secondary N) is 1. The van der Waals surface area contributed by atoms with E-state index in [0.29, 0.717) is 17.3 Å². The van der Waals surface area contributed by atoms with Crippen LogP contribution in [-0.2, 0) is 0 Å². The maximum Gasteiger partial charge on any atom is 0.257 e. The number of nitrogens with zero attached hydrogens (tertiary/aromatic N) is 2. The molecule has 0 saturated heterocycles. The van der Waals surface area contributed by atoms with Crippen molar-refractivity contribution >= 4 is 27.5 Å². The number of carbonyl (C=O) groups is 1. The van der Waals surface area contributed by atoms with Gasteiger partial charge in [-0.1, -0.05) is 21.1 Å². The van der Waals surface area contributed by atoms with E-state index in [9.17, 15) is 4.79 Å². The van der Waals surface area contributed by atoms with Gasteiger partial charge in [-0.25, -0.2) is 0 Å². The predicted octanol–water partition coefficient (Wildman–Crippen LogP) is 4.06. The third-order valence-corrected chi connectivity index (χ3v) is 3.55. The molecule has 0 saturated carbocycles. The van der Waals surface area contributed by atoms with E-state index in [-0.39, 0.29) is 5.91 Å². The molecule has 0 bridgehead atoms. The van der Waals surface area contributed by atoms with E-state index < -0.39 is 0 Å². The lowest BCUT2D eigenvalue weighted by molar-refractivity contribution is 0.102. The first kappa shape index (κ1) is 14.5.